The Hall–Kier alpha value is -1.16. The van der Waals surface area contributed by atoms with Gasteiger partial charge in [0.2, 0.25) is 0 Å². The van der Waals surface area contributed by atoms with Crippen molar-refractivity contribution in [3.05, 3.63) is 18.1 Å². The maximum Gasteiger partial charge on any atom is 0.129 e. The van der Waals surface area contributed by atoms with Crippen molar-refractivity contribution in [1.29, 1.82) is 0 Å². The molecule has 0 amide bonds. The van der Waals surface area contributed by atoms with Crippen molar-refractivity contribution in [3.8, 4) is 0 Å². The Labute approximate surface area is 91.3 Å². The predicted molar refractivity (Wildman–Crippen MR) is 62.9 cm³/mol. The number of nitrogens with zero attached hydrogens (tertiary/aromatic N) is 2. The van der Waals surface area contributed by atoms with Gasteiger partial charge in [-0.05, 0) is 12.3 Å². The lowest BCUT2D eigenvalue weighted by Gasteiger charge is -2.15. The fourth-order valence-electron chi connectivity index (χ4n) is 1.30. The molecule has 0 fully saturated rings. The molecule has 0 bridgehead atoms. The molecular formula is C11H20N4. The van der Waals surface area contributed by atoms with Crippen LogP contribution in [0, 0.1) is 0 Å². The SMILES string of the molecule is CCC(CN)Nc1cc(C(C)C)ncn1. The average molecular weight is 208 g/mol. The van der Waals surface area contributed by atoms with Gasteiger partial charge in [-0.3, -0.25) is 0 Å². The van der Waals surface area contributed by atoms with Crippen LogP contribution in [0.25, 0.3) is 0 Å². The molecule has 0 radical (unpaired) electrons. The lowest BCUT2D eigenvalue weighted by molar-refractivity contribution is 0.698. The van der Waals surface area contributed by atoms with Crippen molar-refractivity contribution in [2.75, 3.05) is 11.9 Å². The van der Waals surface area contributed by atoms with Crippen molar-refractivity contribution in [3.63, 3.8) is 0 Å². The van der Waals surface area contributed by atoms with Crippen LogP contribution < -0.4 is 11.1 Å². The summed E-state index contributed by atoms with van der Waals surface area (Å²) in [5.74, 6) is 1.29. The third kappa shape index (κ3) is 3.47. The zero-order valence-corrected chi connectivity index (χ0v) is 9.70. The Balaban J connectivity index is 2.72. The lowest BCUT2D eigenvalue weighted by Crippen LogP contribution is -2.28. The third-order valence-electron chi connectivity index (χ3n) is 2.41. The molecule has 0 saturated heterocycles. The van der Waals surface area contributed by atoms with E-state index < -0.39 is 0 Å². The summed E-state index contributed by atoms with van der Waals surface area (Å²) in [4.78, 5) is 8.40. The minimum atomic E-state index is 0.292. The van der Waals surface area contributed by atoms with Crippen molar-refractivity contribution < 1.29 is 0 Å². The molecule has 1 unspecified atom stereocenters. The summed E-state index contributed by atoms with van der Waals surface area (Å²) < 4.78 is 0. The van der Waals surface area contributed by atoms with E-state index >= 15 is 0 Å². The number of nitrogens with two attached hydrogens (primary N) is 1. The molecule has 0 aliphatic heterocycles. The first-order valence-electron chi connectivity index (χ1n) is 5.45. The zero-order chi connectivity index (χ0) is 11.3. The number of hydrogen-bond acceptors (Lipinski definition) is 4. The van der Waals surface area contributed by atoms with Crippen molar-refractivity contribution in [1.82, 2.24) is 9.97 Å². The molecule has 1 rings (SSSR count). The van der Waals surface area contributed by atoms with Crippen molar-refractivity contribution >= 4 is 5.82 Å². The third-order valence-corrected chi connectivity index (χ3v) is 2.41. The minimum absolute atomic E-state index is 0.292. The molecule has 1 atom stereocenters. The molecule has 84 valence electrons. The summed E-state index contributed by atoms with van der Waals surface area (Å²) in [5.41, 5.74) is 6.68. The Bertz CT molecular complexity index is 294. The highest BCUT2D eigenvalue weighted by Crippen LogP contribution is 2.14. The monoisotopic (exact) mass is 208 g/mol. The Morgan fingerprint density at radius 3 is 2.67 bits per heavy atom. The van der Waals surface area contributed by atoms with Crippen LogP contribution in [0.4, 0.5) is 5.82 Å². The van der Waals surface area contributed by atoms with E-state index in [4.69, 9.17) is 5.73 Å². The van der Waals surface area contributed by atoms with Gasteiger partial charge in [-0.2, -0.15) is 0 Å². The van der Waals surface area contributed by atoms with E-state index in [0.717, 1.165) is 17.9 Å². The highest BCUT2D eigenvalue weighted by molar-refractivity contribution is 5.36. The number of nitrogens with one attached hydrogen (secondary N) is 1. The topological polar surface area (TPSA) is 63.8 Å². The van der Waals surface area contributed by atoms with Crippen LogP contribution in [-0.4, -0.2) is 22.6 Å². The van der Waals surface area contributed by atoms with Gasteiger partial charge in [0, 0.05) is 24.3 Å². The second kappa shape index (κ2) is 5.66. The van der Waals surface area contributed by atoms with E-state index in [1.54, 1.807) is 6.33 Å². The normalized spacial score (nSPS) is 12.9. The number of rotatable bonds is 5. The van der Waals surface area contributed by atoms with Gasteiger partial charge in [-0.1, -0.05) is 20.8 Å². The molecule has 0 aliphatic carbocycles. The summed E-state index contributed by atoms with van der Waals surface area (Å²) in [6.07, 6.45) is 2.60. The van der Waals surface area contributed by atoms with Gasteiger partial charge in [0.1, 0.15) is 12.1 Å². The first-order chi connectivity index (χ1) is 7.17. The summed E-state index contributed by atoms with van der Waals surface area (Å²) in [7, 11) is 0. The molecule has 0 saturated carbocycles. The van der Waals surface area contributed by atoms with Crippen molar-refractivity contribution in [2.24, 2.45) is 5.73 Å². The zero-order valence-electron chi connectivity index (χ0n) is 9.70. The van der Waals surface area contributed by atoms with E-state index in [1.165, 1.54) is 0 Å². The van der Waals surface area contributed by atoms with Gasteiger partial charge < -0.3 is 11.1 Å². The summed E-state index contributed by atoms with van der Waals surface area (Å²) in [5, 5.41) is 3.30. The van der Waals surface area contributed by atoms with Gasteiger partial charge in [0.25, 0.3) is 0 Å². The van der Waals surface area contributed by atoms with Crippen LogP contribution in [0.5, 0.6) is 0 Å². The molecule has 1 heterocycles. The minimum Gasteiger partial charge on any atom is -0.366 e. The van der Waals surface area contributed by atoms with E-state index in [-0.39, 0.29) is 0 Å². The Kier molecular flexibility index (Phi) is 4.49. The van der Waals surface area contributed by atoms with Crippen LogP contribution >= 0.6 is 0 Å². The Morgan fingerprint density at radius 1 is 1.40 bits per heavy atom. The van der Waals surface area contributed by atoms with E-state index in [9.17, 15) is 0 Å². The number of aromatic nitrogens is 2. The molecule has 4 nitrogen and oxygen atoms in total. The molecule has 3 N–H and O–H groups in total. The molecule has 1 aromatic rings. The smallest absolute Gasteiger partial charge is 0.129 e. The van der Waals surface area contributed by atoms with Crippen LogP contribution in [0.2, 0.25) is 0 Å². The Morgan fingerprint density at radius 2 is 2.13 bits per heavy atom. The van der Waals surface area contributed by atoms with Gasteiger partial charge >= 0.3 is 0 Å². The van der Waals surface area contributed by atoms with E-state index in [1.807, 2.05) is 6.07 Å². The molecule has 0 spiro atoms. The van der Waals surface area contributed by atoms with Crippen molar-refractivity contribution in [2.45, 2.75) is 39.2 Å². The number of hydrogen-bond donors (Lipinski definition) is 2. The van der Waals surface area contributed by atoms with Crippen LogP contribution in [0.15, 0.2) is 12.4 Å². The molecular weight excluding hydrogens is 188 g/mol. The van der Waals surface area contributed by atoms with Gasteiger partial charge in [-0.15, -0.1) is 0 Å². The largest absolute Gasteiger partial charge is 0.366 e. The number of anilines is 1. The predicted octanol–water partition coefficient (Wildman–Crippen LogP) is 1.75. The average Bonchev–Trinajstić information content (AvgIpc) is 2.26. The highest BCUT2D eigenvalue weighted by Gasteiger charge is 2.06. The fourth-order valence-corrected chi connectivity index (χ4v) is 1.30. The first kappa shape index (κ1) is 11.9. The van der Waals surface area contributed by atoms with Crippen LogP contribution in [-0.2, 0) is 0 Å². The highest BCUT2D eigenvalue weighted by atomic mass is 15.0. The molecule has 4 heteroatoms. The lowest BCUT2D eigenvalue weighted by atomic mass is 10.1. The van der Waals surface area contributed by atoms with Crippen LogP contribution in [0.3, 0.4) is 0 Å². The van der Waals surface area contributed by atoms with Gasteiger partial charge in [-0.25, -0.2) is 9.97 Å². The molecule has 15 heavy (non-hydrogen) atoms. The quantitative estimate of drug-likeness (QED) is 0.773. The van der Waals surface area contributed by atoms with Gasteiger partial charge in [0.05, 0.1) is 0 Å². The molecule has 0 aromatic carbocycles. The van der Waals surface area contributed by atoms with E-state index in [0.29, 0.717) is 18.5 Å². The second-order valence-electron chi connectivity index (χ2n) is 3.97. The van der Waals surface area contributed by atoms with E-state index in [2.05, 4.69) is 36.1 Å². The standard InChI is InChI=1S/C11H20N4/c1-4-9(6-12)15-11-5-10(8(2)3)13-7-14-11/h5,7-9H,4,6,12H2,1-3H3,(H,13,14,15). The summed E-state index contributed by atoms with van der Waals surface area (Å²) in [6, 6.07) is 2.28. The fraction of sp³-hybridized carbons (Fsp3) is 0.636. The summed E-state index contributed by atoms with van der Waals surface area (Å²) in [6.45, 7) is 6.96. The maximum absolute atomic E-state index is 5.62. The summed E-state index contributed by atoms with van der Waals surface area (Å²) >= 11 is 0. The first-order valence-corrected chi connectivity index (χ1v) is 5.45. The van der Waals surface area contributed by atoms with Gasteiger partial charge in [0.15, 0.2) is 0 Å². The second-order valence-corrected chi connectivity index (χ2v) is 3.97. The maximum atomic E-state index is 5.62. The molecule has 0 aliphatic rings. The van der Waals surface area contributed by atoms with Crippen LogP contribution in [0.1, 0.15) is 38.8 Å². The molecule has 1 aromatic heterocycles.